The summed E-state index contributed by atoms with van der Waals surface area (Å²) in [5.74, 6) is 0.907. The van der Waals surface area contributed by atoms with Crippen molar-refractivity contribution >= 4 is 12.0 Å². The lowest BCUT2D eigenvalue weighted by Gasteiger charge is -2.46. The third kappa shape index (κ3) is 3.68. The van der Waals surface area contributed by atoms with E-state index in [1.165, 1.54) is 18.2 Å². The van der Waals surface area contributed by atoms with Gasteiger partial charge in [0.1, 0.15) is 11.8 Å². The number of nitrogens with zero attached hydrogens (tertiary/aromatic N) is 2. The topological polar surface area (TPSA) is 68.3 Å². The zero-order chi connectivity index (χ0) is 20.4. The van der Waals surface area contributed by atoms with Crippen molar-refractivity contribution in [3.05, 3.63) is 29.3 Å². The highest BCUT2D eigenvalue weighted by Crippen LogP contribution is 2.42. The third-order valence-electron chi connectivity index (χ3n) is 6.63. The Morgan fingerprint density at radius 2 is 1.93 bits per heavy atom. The monoisotopic (exact) mass is 402 g/mol. The molecule has 3 aliphatic heterocycles. The number of ether oxygens (including phenoxy) is 3. The van der Waals surface area contributed by atoms with Gasteiger partial charge in [0.25, 0.3) is 0 Å². The average molecular weight is 402 g/mol. The number of benzene rings is 1. The van der Waals surface area contributed by atoms with E-state index < -0.39 is 12.1 Å². The summed E-state index contributed by atoms with van der Waals surface area (Å²) in [6, 6.07) is 5.80. The van der Waals surface area contributed by atoms with Crippen molar-refractivity contribution in [1.82, 2.24) is 9.80 Å². The van der Waals surface area contributed by atoms with Gasteiger partial charge in [-0.05, 0) is 61.8 Å². The summed E-state index contributed by atoms with van der Waals surface area (Å²) in [7, 11) is 3.06. The Hall–Kier alpha value is -2.28. The summed E-state index contributed by atoms with van der Waals surface area (Å²) in [4.78, 5) is 28.8. The molecule has 4 rings (SSSR count). The summed E-state index contributed by atoms with van der Waals surface area (Å²) in [5.41, 5.74) is 2.18. The molecule has 0 saturated carbocycles. The Bertz CT molecular complexity index is 772. The quantitative estimate of drug-likeness (QED) is 0.761. The van der Waals surface area contributed by atoms with E-state index in [9.17, 15) is 9.59 Å². The molecule has 2 amide bonds. The van der Waals surface area contributed by atoms with Crippen molar-refractivity contribution < 1.29 is 23.8 Å². The Kier molecular flexibility index (Phi) is 5.67. The van der Waals surface area contributed by atoms with Gasteiger partial charge in [-0.2, -0.15) is 0 Å². The number of methoxy groups -OCH3 is 2. The maximum absolute atomic E-state index is 13.2. The van der Waals surface area contributed by atoms with Gasteiger partial charge in [-0.15, -0.1) is 0 Å². The minimum Gasteiger partial charge on any atom is -0.497 e. The van der Waals surface area contributed by atoms with Crippen molar-refractivity contribution in [2.75, 3.05) is 40.5 Å². The lowest BCUT2D eigenvalue weighted by Crippen LogP contribution is -2.56. The van der Waals surface area contributed by atoms with Crippen molar-refractivity contribution in [1.29, 1.82) is 0 Å². The highest BCUT2D eigenvalue weighted by Gasteiger charge is 2.44. The van der Waals surface area contributed by atoms with Crippen molar-refractivity contribution in [2.45, 2.75) is 50.2 Å². The van der Waals surface area contributed by atoms with Crippen LogP contribution in [0.15, 0.2) is 18.2 Å². The zero-order valence-electron chi connectivity index (χ0n) is 17.3. The standard InChI is InChI=1S/C22H30N2O5/c1-27-17-6-7-18-16(15-17)8-14-29-22(18)9-12-23(13-10-22)20(25)19-5-3-4-11-24(19)21(26)28-2/h6-7,15,19H,3-5,8-14H2,1-2H3. The van der Waals surface area contributed by atoms with E-state index in [1.807, 2.05) is 11.0 Å². The van der Waals surface area contributed by atoms with Crippen LogP contribution in [0.5, 0.6) is 5.75 Å². The molecule has 7 heteroatoms. The molecule has 0 radical (unpaired) electrons. The second-order valence-corrected chi connectivity index (χ2v) is 8.12. The van der Waals surface area contributed by atoms with Crippen LogP contribution in [0.1, 0.15) is 43.2 Å². The number of hydrogen-bond donors (Lipinski definition) is 0. The first-order chi connectivity index (χ1) is 14.1. The molecule has 158 valence electrons. The minimum absolute atomic E-state index is 0.0377. The van der Waals surface area contributed by atoms with Gasteiger partial charge in [0.05, 0.1) is 26.4 Å². The normalized spacial score (nSPS) is 23.4. The molecular weight excluding hydrogens is 372 g/mol. The molecule has 1 aromatic carbocycles. The second kappa shape index (κ2) is 8.22. The molecule has 1 spiro atoms. The lowest BCUT2D eigenvalue weighted by atomic mass is 9.79. The summed E-state index contributed by atoms with van der Waals surface area (Å²) < 4.78 is 16.6. The van der Waals surface area contributed by atoms with E-state index in [2.05, 4.69) is 12.1 Å². The van der Waals surface area contributed by atoms with Gasteiger partial charge >= 0.3 is 6.09 Å². The molecule has 29 heavy (non-hydrogen) atoms. The number of carbonyl (C=O) groups excluding carboxylic acids is 2. The van der Waals surface area contributed by atoms with E-state index in [-0.39, 0.29) is 11.5 Å². The first-order valence-corrected chi connectivity index (χ1v) is 10.5. The Balaban J connectivity index is 1.47. The fourth-order valence-electron chi connectivity index (χ4n) is 5.02. The molecule has 0 bridgehead atoms. The van der Waals surface area contributed by atoms with Gasteiger partial charge in [0, 0.05) is 19.6 Å². The van der Waals surface area contributed by atoms with E-state index >= 15 is 0 Å². The Morgan fingerprint density at radius 1 is 1.14 bits per heavy atom. The van der Waals surface area contributed by atoms with Gasteiger partial charge in [0.2, 0.25) is 5.91 Å². The van der Waals surface area contributed by atoms with Crippen LogP contribution in [0.2, 0.25) is 0 Å². The number of likely N-dealkylation sites (tertiary alicyclic amines) is 2. The molecule has 2 saturated heterocycles. The maximum atomic E-state index is 13.2. The van der Waals surface area contributed by atoms with Crippen molar-refractivity contribution in [3.8, 4) is 5.75 Å². The number of carbonyl (C=O) groups is 2. The summed E-state index contributed by atoms with van der Waals surface area (Å²) in [6.45, 7) is 2.54. The first kappa shape index (κ1) is 20.0. The zero-order valence-corrected chi connectivity index (χ0v) is 17.3. The van der Waals surface area contributed by atoms with Crippen LogP contribution in [0.25, 0.3) is 0 Å². The lowest BCUT2D eigenvalue weighted by molar-refractivity contribution is -0.146. The van der Waals surface area contributed by atoms with Crippen LogP contribution in [-0.2, 0) is 26.3 Å². The average Bonchev–Trinajstić information content (AvgIpc) is 2.78. The van der Waals surface area contributed by atoms with E-state index in [4.69, 9.17) is 14.2 Å². The molecule has 1 atom stereocenters. The molecule has 3 heterocycles. The SMILES string of the molecule is COC(=O)N1CCCCC1C(=O)N1CCC2(CC1)OCCc1cc(OC)ccc12. The number of piperidine rings is 2. The van der Waals surface area contributed by atoms with Gasteiger partial charge < -0.3 is 19.1 Å². The minimum atomic E-state index is -0.408. The van der Waals surface area contributed by atoms with E-state index in [1.54, 1.807) is 12.0 Å². The van der Waals surface area contributed by atoms with Crippen LogP contribution < -0.4 is 4.74 Å². The number of rotatable bonds is 2. The van der Waals surface area contributed by atoms with Crippen LogP contribution in [-0.4, -0.2) is 68.3 Å². The third-order valence-corrected chi connectivity index (χ3v) is 6.63. The van der Waals surface area contributed by atoms with Crippen LogP contribution in [0, 0.1) is 0 Å². The van der Waals surface area contributed by atoms with E-state index in [0.717, 1.165) is 37.9 Å². The fourth-order valence-corrected chi connectivity index (χ4v) is 5.02. The summed E-state index contributed by atoms with van der Waals surface area (Å²) >= 11 is 0. The fraction of sp³-hybridized carbons (Fsp3) is 0.636. The molecule has 2 fully saturated rings. The van der Waals surface area contributed by atoms with Crippen molar-refractivity contribution in [3.63, 3.8) is 0 Å². The highest BCUT2D eigenvalue weighted by molar-refractivity contribution is 5.86. The second-order valence-electron chi connectivity index (χ2n) is 8.12. The summed E-state index contributed by atoms with van der Waals surface area (Å²) in [5, 5.41) is 0. The maximum Gasteiger partial charge on any atom is 0.410 e. The summed E-state index contributed by atoms with van der Waals surface area (Å²) in [6.07, 6.45) is 4.58. The van der Waals surface area contributed by atoms with Crippen molar-refractivity contribution in [2.24, 2.45) is 0 Å². The van der Waals surface area contributed by atoms with Gasteiger partial charge in [-0.25, -0.2) is 4.79 Å². The van der Waals surface area contributed by atoms with E-state index in [0.29, 0.717) is 32.7 Å². The number of amides is 2. The van der Waals surface area contributed by atoms with Gasteiger partial charge in [0.15, 0.2) is 0 Å². The highest BCUT2D eigenvalue weighted by atomic mass is 16.5. The van der Waals surface area contributed by atoms with Gasteiger partial charge in [-0.1, -0.05) is 6.07 Å². The molecule has 0 aromatic heterocycles. The molecular formula is C22H30N2O5. The predicted octanol–water partition coefficient (Wildman–Crippen LogP) is 2.71. The molecule has 1 aromatic rings. The largest absolute Gasteiger partial charge is 0.497 e. The Morgan fingerprint density at radius 3 is 2.66 bits per heavy atom. The smallest absolute Gasteiger partial charge is 0.410 e. The molecule has 3 aliphatic rings. The first-order valence-electron chi connectivity index (χ1n) is 10.5. The van der Waals surface area contributed by atoms with Gasteiger partial charge in [-0.3, -0.25) is 9.69 Å². The van der Waals surface area contributed by atoms with Crippen LogP contribution >= 0.6 is 0 Å². The number of fused-ring (bicyclic) bond motifs is 2. The molecule has 1 unspecified atom stereocenters. The molecule has 0 aliphatic carbocycles. The molecule has 7 nitrogen and oxygen atoms in total. The Labute approximate surface area is 171 Å². The number of hydrogen-bond acceptors (Lipinski definition) is 5. The van der Waals surface area contributed by atoms with Crippen LogP contribution in [0.3, 0.4) is 0 Å². The predicted molar refractivity (Wildman–Crippen MR) is 107 cm³/mol. The van der Waals surface area contributed by atoms with Crippen LogP contribution in [0.4, 0.5) is 4.79 Å². The molecule has 0 N–H and O–H groups in total.